The quantitative estimate of drug-likeness (QED) is 0.856. The number of aliphatic hydroxyl groups is 1. The number of carbonyl (C=O) groups excluding carboxylic acids is 1. The highest BCUT2D eigenvalue weighted by Crippen LogP contribution is 2.09. The zero-order chi connectivity index (χ0) is 15.2. The van der Waals surface area contributed by atoms with Crippen LogP contribution in [0.2, 0.25) is 0 Å². The van der Waals surface area contributed by atoms with Gasteiger partial charge in [-0.2, -0.15) is 0 Å². The van der Waals surface area contributed by atoms with Gasteiger partial charge in [-0.25, -0.2) is 4.98 Å². The molecule has 1 aromatic heterocycles. The number of nitrogens with zero attached hydrogens (tertiary/aromatic N) is 3. The monoisotopic (exact) mass is 283 g/mol. The van der Waals surface area contributed by atoms with Crippen molar-refractivity contribution in [1.29, 1.82) is 0 Å². The van der Waals surface area contributed by atoms with Crippen LogP contribution >= 0.6 is 0 Å². The fraction of sp³-hybridized carbons (Fsp3) is 0.250. The number of carbonyl (C=O) groups is 1. The predicted molar refractivity (Wildman–Crippen MR) is 79.4 cm³/mol. The fourth-order valence-electron chi connectivity index (χ4n) is 1.99. The smallest absolute Gasteiger partial charge is 0.272 e. The highest BCUT2D eigenvalue weighted by molar-refractivity contribution is 5.92. The van der Waals surface area contributed by atoms with Crippen LogP contribution in [0.5, 0.6) is 0 Å². The normalized spacial score (nSPS) is 9.86. The van der Waals surface area contributed by atoms with Crippen LogP contribution in [0.3, 0.4) is 0 Å². The molecule has 108 valence electrons. The van der Waals surface area contributed by atoms with Crippen LogP contribution in [-0.2, 0) is 13.6 Å². The van der Waals surface area contributed by atoms with Gasteiger partial charge in [-0.1, -0.05) is 24.0 Å². The Labute approximate surface area is 123 Å². The van der Waals surface area contributed by atoms with E-state index in [4.69, 9.17) is 5.11 Å². The maximum absolute atomic E-state index is 12.3. The molecular formula is C16H17N3O2. The third kappa shape index (κ3) is 3.71. The van der Waals surface area contributed by atoms with Crippen LogP contribution < -0.4 is 0 Å². The van der Waals surface area contributed by atoms with E-state index in [-0.39, 0.29) is 12.5 Å². The van der Waals surface area contributed by atoms with E-state index >= 15 is 0 Å². The van der Waals surface area contributed by atoms with Crippen LogP contribution in [0.25, 0.3) is 0 Å². The maximum atomic E-state index is 12.3. The number of aliphatic hydroxyl groups excluding tert-OH is 1. The number of aryl methyl sites for hydroxylation is 1. The second-order valence-corrected chi connectivity index (χ2v) is 4.71. The molecule has 0 atom stereocenters. The van der Waals surface area contributed by atoms with Crippen LogP contribution in [0, 0.1) is 11.8 Å². The van der Waals surface area contributed by atoms with Crippen molar-refractivity contribution >= 4 is 5.91 Å². The van der Waals surface area contributed by atoms with Crippen molar-refractivity contribution in [2.24, 2.45) is 7.05 Å². The van der Waals surface area contributed by atoms with E-state index < -0.39 is 0 Å². The van der Waals surface area contributed by atoms with Crippen molar-refractivity contribution < 1.29 is 9.90 Å². The molecule has 2 aromatic rings. The van der Waals surface area contributed by atoms with Crippen molar-refractivity contribution in [3.63, 3.8) is 0 Å². The highest BCUT2D eigenvalue weighted by atomic mass is 16.2. The van der Waals surface area contributed by atoms with E-state index in [0.29, 0.717) is 12.2 Å². The molecule has 0 spiro atoms. The lowest BCUT2D eigenvalue weighted by Crippen LogP contribution is -2.27. The van der Waals surface area contributed by atoms with Gasteiger partial charge in [-0.15, -0.1) is 0 Å². The Bertz CT molecular complexity index is 695. The van der Waals surface area contributed by atoms with Gasteiger partial charge in [-0.3, -0.25) is 4.79 Å². The molecule has 1 heterocycles. The SMILES string of the molecule is CN(Cc1cccc(C#CCO)c1)C(=O)c1cncn1C. The molecule has 1 aromatic carbocycles. The summed E-state index contributed by atoms with van der Waals surface area (Å²) >= 11 is 0. The summed E-state index contributed by atoms with van der Waals surface area (Å²) in [6, 6.07) is 7.61. The summed E-state index contributed by atoms with van der Waals surface area (Å²) in [5, 5.41) is 8.71. The summed E-state index contributed by atoms with van der Waals surface area (Å²) < 4.78 is 1.70. The molecule has 1 N–H and O–H groups in total. The number of imidazole rings is 1. The van der Waals surface area contributed by atoms with Gasteiger partial charge < -0.3 is 14.6 Å². The Kier molecular flexibility index (Phi) is 4.75. The molecule has 0 aliphatic heterocycles. The highest BCUT2D eigenvalue weighted by Gasteiger charge is 2.15. The molecule has 2 rings (SSSR count). The minimum Gasteiger partial charge on any atom is -0.384 e. The second-order valence-electron chi connectivity index (χ2n) is 4.71. The third-order valence-electron chi connectivity index (χ3n) is 3.04. The number of rotatable bonds is 3. The minimum atomic E-state index is -0.164. The Morgan fingerprint density at radius 1 is 1.48 bits per heavy atom. The van der Waals surface area contributed by atoms with Gasteiger partial charge in [0.2, 0.25) is 0 Å². The van der Waals surface area contributed by atoms with Gasteiger partial charge >= 0.3 is 0 Å². The maximum Gasteiger partial charge on any atom is 0.272 e. The van der Waals surface area contributed by atoms with E-state index in [2.05, 4.69) is 16.8 Å². The molecule has 1 amide bonds. The van der Waals surface area contributed by atoms with Crippen LogP contribution in [0.4, 0.5) is 0 Å². The molecule has 0 saturated carbocycles. The summed E-state index contributed by atoms with van der Waals surface area (Å²) in [5.41, 5.74) is 2.36. The molecule has 0 bridgehead atoms. The molecule has 0 aliphatic rings. The fourth-order valence-corrected chi connectivity index (χ4v) is 1.99. The Morgan fingerprint density at radius 2 is 2.29 bits per heavy atom. The first-order valence-corrected chi connectivity index (χ1v) is 6.52. The molecule has 0 unspecified atom stereocenters. The third-order valence-corrected chi connectivity index (χ3v) is 3.04. The molecule has 0 radical (unpaired) electrons. The lowest BCUT2D eigenvalue weighted by molar-refractivity contribution is 0.0775. The van der Waals surface area contributed by atoms with E-state index in [9.17, 15) is 4.79 Å². The van der Waals surface area contributed by atoms with Crippen molar-refractivity contribution in [3.05, 3.63) is 53.6 Å². The Morgan fingerprint density at radius 3 is 2.95 bits per heavy atom. The van der Waals surface area contributed by atoms with Crippen molar-refractivity contribution in [3.8, 4) is 11.8 Å². The Balaban J connectivity index is 2.11. The number of amides is 1. The average Bonchev–Trinajstić information content (AvgIpc) is 2.90. The van der Waals surface area contributed by atoms with E-state index in [0.717, 1.165) is 11.1 Å². The van der Waals surface area contributed by atoms with Crippen LogP contribution in [-0.4, -0.2) is 39.1 Å². The molecule has 5 heteroatoms. The number of aromatic nitrogens is 2. The lowest BCUT2D eigenvalue weighted by atomic mass is 10.1. The topological polar surface area (TPSA) is 58.4 Å². The molecule has 21 heavy (non-hydrogen) atoms. The summed E-state index contributed by atoms with van der Waals surface area (Å²) in [7, 11) is 3.54. The van der Waals surface area contributed by atoms with Gasteiger partial charge in [0.15, 0.2) is 0 Å². The lowest BCUT2D eigenvalue weighted by Gasteiger charge is -2.17. The van der Waals surface area contributed by atoms with E-state index in [1.165, 1.54) is 0 Å². The molecule has 0 fully saturated rings. The minimum absolute atomic E-state index is 0.0816. The first kappa shape index (κ1) is 14.8. The van der Waals surface area contributed by atoms with E-state index in [1.807, 2.05) is 24.3 Å². The van der Waals surface area contributed by atoms with Gasteiger partial charge in [0.1, 0.15) is 12.3 Å². The standard InChI is InChI=1S/C16H17N3O2/c1-18(16(21)15-10-17-12-19(15)2)11-14-6-3-5-13(9-14)7-4-8-20/h3,5-6,9-10,12,20H,8,11H2,1-2H3. The number of hydrogen-bond acceptors (Lipinski definition) is 3. The predicted octanol–water partition coefficient (Wildman–Crippen LogP) is 1.04. The zero-order valence-corrected chi connectivity index (χ0v) is 12.1. The van der Waals surface area contributed by atoms with Crippen LogP contribution in [0.15, 0.2) is 36.8 Å². The first-order valence-electron chi connectivity index (χ1n) is 6.52. The van der Waals surface area contributed by atoms with Crippen LogP contribution in [0.1, 0.15) is 21.6 Å². The zero-order valence-electron chi connectivity index (χ0n) is 12.1. The number of hydrogen-bond donors (Lipinski definition) is 1. The molecule has 0 saturated heterocycles. The molecular weight excluding hydrogens is 266 g/mol. The molecule has 5 nitrogen and oxygen atoms in total. The average molecular weight is 283 g/mol. The van der Waals surface area contributed by atoms with Gasteiger partial charge in [0.25, 0.3) is 5.91 Å². The van der Waals surface area contributed by atoms with Gasteiger partial charge in [0.05, 0.1) is 12.5 Å². The van der Waals surface area contributed by atoms with Crippen molar-refractivity contribution in [1.82, 2.24) is 14.5 Å². The van der Waals surface area contributed by atoms with Crippen molar-refractivity contribution in [2.45, 2.75) is 6.54 Å². The summed E-state index contributed by atoms with van der Waals surface area (Å²) in [4.78, 5) is 17.9. The summed E-state index contributed by atoms with van der Waals surface area (Å²) in [6.07, 6.45) is 3.16. The first-order chi connectivity index (χ1) is 10.1. The van der Waals surface area contributed by atoms with Crippen molar-refractivity contribution in [2.75, 3.05) is 13.7 Å². The second kappa shape index (κ2) is 6.73. The van der Waals surface area contributed by atoms with Gasteiger partial charge in [-0.05, 0) is 17.7 Å². The van der Waals surface area contributed by atoms with E-state index in [1.54, 1.807) is 36.1 Å². The largest absolute Gasteiger partial charge is 0.384 e. The summed E-state index contributed by atoms with van der Waals surface area (Å²) in [5.74, 6) is 5.39. The molecule has 0 aliphatic carbocycles. The van der Waals surface area contributed by atoms with Gasteiger partial charge in [0, 0.05) is 26.2 Å². The number of benzene rings is 1. The Hall–Kier alpha value is -2.58. The summed E-state index contributed by atoms with van der Waals surface area (Å²) in [6.45, 7) is 0.321.